The molecule has 3 aromatic rings. The Labute approximate surface area is 159 Å². The summed E-state index contributed by atoms with van der Waals surface area (Å²) in [6.45, 7) is 2.99. The second-order valence-electron chi connectivity index (χ2n) is 7.07. The van der Waals surface area contributed by atoms with E-state index in [1.807, 2.05) is 48.7 Å². The zero-order valence-corrected chi connectivity index (χ0v) is 15.4. The molecule has 2 atom stereocenters. The summed E-state index contributed by atoms with van der Waals surface area (Å²) in [5, 5.41) is 6.53. The number of nitrogens with zero attached hydrogens (tertiary/aromatic N) is 2. The van der Waals surface area contributed by atoms with Crippen LogP contribution in [0.3, 0.4) is 0 Å². The van der Waals surface area contributed by atoms with Crippen LogP contribution < -0.4 is 10.6 Å². The Balaban J connectivity index is 1.34. The maximum absolute atomic E-state index is 12.6. The van der Waals surface area contributed by atoms with Gasteiger partial charge in [-0.3, -0.25) is 4.79 Å². The van der Waals surface area contributed by atoms with Crippen LogP contribution in [0.5, 0.6) is 0 Å². The van der Waals surface area contributed by atoms with Crippen molar-refractivity contribution < 1.29 is 4.79 Å². The van der Waals surface area contributed by atoms with E-state index in [0.29, 0.717) is 6.42 Å². The first-order valence-electron chi connectivity index (χ1n) is 9.41. The first-order valence-corrected chi connectivity index (χ1v) is 9.41. The summed E-state index contributed by atoms with van der Waals surface area (Å²) in [5.74, 6) is 1.05. The van der Waals surface area contributed by atoms with Crippen LogP contribution in [-0.2, 0) is 17.8 Å². The monoisotopic (exact) mass is 360 g/mol. The van der Waals surface area contributed by atoms with Gasteiger partial charge in [0.2, 0.25) is 5.91 Å². The summed E-state index contributed by atoms with van der Waals surface area (Å²) in [6.07, 6.45) is 5.33. The van der Waals surface area contributed by atoms with E-state index in [-0.39, 0.29) is 17.9 Å². The number of hydrogen-bond donors (Lipinski definition) is 2. The van der Waals surface area contributed by atoms with Gasteiger partial charge in [-0.05, 0) is 43.2 Å². The summed E-state index contributed by atoms with van der Waals surface area (Å²) < 4.78 is 2.12. The molecule has 2 unspecified atom stereocenters. The molecule has 27 heavy (non-hydrogen) atoms. The number of benzene rings is 2. The quantitative estimate of drug-likeness (QED) is 0.715. The van der Waals surface area contributed by atoms with Crippen molar-refractivity contribution in [2.24, 2.45) is 5.92 Å². The van der Waals surface area contributed by atoms with E-state index >= 15 is 0 Å². The highest BCUT2D eigenvalue weighted by atomic mass is 16.1. The Hall–Kier alpha value is -3.08. The van der Waals surface area contributed by atoms with Gasteiger partial charge in [-0.15, -0.1) is 0 Å². The van der Waals surface area contributed by atoms with E-state index in [2.05, 4.69) is 39.2 Å². The van der Waals surface area contributed by atoms with Gasteiger partial charge in [0.25, 0.3) is 0 Å². The lowest BCUT2D eigenvalue weighted by molar-refractivity contribution is -0.120. The van der Waals surface area contributed by atoms with E-state index in [9.17, 15) is 4.79 Å². The predicted molar refractivity (Wildman–Crippen MR) is 108 cm³/mol. The van der Waals surface area contributed by atoms with Crippen LogP contribution in [0.2, 0.25) is 0 Å². The molecule has 138 valence electrons. The summed E-state index contributed by atoms with van der Waals surface area (Å²) in [4.78, 5) is 16.9. The lowest BCUT2D eigenvalue weighted by Crippen LogP contribution is -2.30. The Morgan fingerprint density at radius 2 is 1.85 bits per heavy atom. The molecule has 1 aliphatic rings. The molecule has 0 saturated heterocycles. The molecule has 0 radical (unpaired) electrons. The van der Waals surface area contributed by atoms with Crippen LogP contribution in [0.15, 0.2) is 67.0 Å². The van der Waals surface area contributed by atoms with Crippen LogP contribution in [0.1, 0.15) is 30.8 Å². The van der Waals surface area contributed by atoms with Crippen molar-refractivity contribution in [3.05, 3.63) is 78.4 Å². The number of aromatic nitrogens is 2. The average Bonchev–Trinajstić information content (AvgIpc) is 3.18. The van der Waals surface area contributed by atoms with Crippen molar-refractivity contribution in [2.45, 2.75) is 32.4 Å². The minimum atomic E-state index is -0.0178. The van der Waals surface area contributed by atoms with Gasteiger partial charge in [0, 0.05) is 48.7 Å². The number of carbonyl (C=O) groups is 1. The third kappa shape index (κ3) is 4.03. The second kappa shape index (κ2) is 7.66. The molecule has 1 aromatic heterocycles. The molecule has 0 aliphatic carbocycles. The number of hydrogen-bond acceptors (Lipinski definition) is 3. The summed E-state index contributed by atoms with van der Waals surface area (Å²) >= 11 is 0. The number of carbonyl (C=O) groups excluding carboxylic acids is 1. The lowest BCUT2D eigenvalue weighted by Gasteiger charge is -2.22. The number of amides is 1. The van der Waals surface area contributed by atoms with Gasteiger partial charge >= 0.3 is 0 Å². The standard InChI is InChI=1S/C22H24N4O/c1-16(17-5-3-2-4-6-17)24-19-7-9-20(10-8-19)25-22(27)18-11-13-26-14-12-23-21(26)15-18/h2-10,12,14,16,18,24H,11,13,15H2,1H3,(H,25,27). The zero-order valence-electron chi connectivity index (χ0n) is 15.4. The largest absolute Gasteiger partial charge is 0.379 e. The van der Waals surface area contributed by atoms with Gasteiger partial charge < -0.3 is 15.2 Å². The fourth-order valence-corrected chi connectivity index (χ4v) is 3.54. The van der Waals surface area contributed by atoms with Crippen molar-refractivity contribution in [1.29, 1.82) is 0 Å². The van der Waals surface area contributed by atoms with Crippen molar-refractivity contribution in [3.63, 3.8) is 0 Å². The molecule has 0 saturated carbocycles. The molecule has 0 bridgehead atoms. The topological polar surface area (TPSA) is 58.9 Å². The van der Waals surface area contributed by atoms with Gasteiger partial charge in [-0.1, -0.05) is 30.3 Å². The Kier molecular flexibility index (Phi) is 4.92. The number of nitrogens with one attached hydrogen (secondary N) is 2. The minimum Gasteiger partial charge on any atom is -0.379 e. The van der Waals surface area contributed by atoms with E-state index in [4.69, 9.17) is 0 Å². The van der Waals surface area contributed by atoms with Crippen molar-refractivity contribution in [2.75, 3.05) is 10.6 Å². The number of imidazole rings is 1. The molecule has 5 heteroatoms. The number of fused-ring (bicyclic) bond motifs is 1. The molecule has 0 fully saturated rings. The lowest BCUT2D eigenvalue weighted by atomic mass is 9.97. The van der Waals surface area contributed by atoms with Crippen molar-refractivity contribution in [3.8, 4) is 0 Å². The molecule has 2 aromatic carbocycles. The predicted octanol–water partition coefficient (Wildman–Crippen LogP) is 4.26. The fourth-order valence-electron chi connectivity index (χ4n) is 3.54. The van der Waals surface area contributed by atoms with Crippen LogP contribution in [0.25, 0.3) is 0 Å². The van der Waals surface area contributed by atoms with E-state index in [1.165, 1.54) is 5.56 Å². The molecular formula is C22H24N4O. The Morgan fingerprint density at radius 1 is 1.11 bits per heavy atom. The van der Waals surface area contributed by atoms with E-state index < -0.39 is 0 Å². The van der Waals surface area contributed by atoms with Gasteiger partial charge in [-0.25, -0.2) is 4.98 Å². The first-order chi connectivity index (χ1) is 13.2. The van der Waals surface area contributed by atoms with Crippen LogP contribution in [-0.4, -0.2) is 15.5 Å². The molecule has 0 spiro atoms. The SMILES string of the molecule is CC(Nc1ccc(NC(=O)C2CCn3ccnc3C2)cc1)c1ccccc1. The Morgan fingerprint density at radius 3 is 2.63 bits per heavy atom. The maximum Gasteiger partial charge on any atom is 0.228 e. The average molecular weight is 360 g/mol. The Bertz CT molecular complexity index is 902. The van der Waals surface area contributed by atoms with Crippen LogP contribution >= 0.6 is 0 Å². The first kappa shape index (κ1) is 17.3. The summed E-state index contributed by atoms with van der Waals surface area (Å²) in [7, 11) is 0. The molecule has 4 rings (SSSR count). The molecule has 1 aliphatic heterocycles. The highest BCUT2D eigenvalue weighted by molar-refractivity contribution is 5.92. The summed E-state index contributed by atoms with van der Waals surface area (Å²) in [5.41, 5.74) is 3.10. The number of rotatable bonds is 5. The zero-order chi connectivity index (χ0) is 18.6. The van der Waals surface area contributed by atoms with Gasteiger partial charge in [-0.2, -0.15) is 0 Å². The molecule has 2 heterocycles. The minimum absolute atomic E-state index is 0.0178. The van der Waals surface area contributed by atoms with Gasteiger partial charge in [0.15, 0.2) is 0 Å². The van der Waals surface area contributed by atoms with Gasteiger partial charge in [0.1, 0.15) is 5.82 Å². The third-order valence-electron chi connectivity index (χ3n) is 5.16. The van der Waals surface area contributed by atoms with Crippen LogP contribution in [0.4, 0.5) is 11.4 Å². The fraction of sp³-hybridized carbons (Fsp3) is 0.273. The highest BCUT2D eigenvalue weighted by Gasteiger charge is 2.25. The number of anilines is 2. The smallest absolute Gasteiger partial charge is 0.228 e. The normalized spacial score (nSPS) is 17.0. The maximum atomic E-state index is 12.6. The van der Waals surface area contributed by atoms with Crippen molar-refractivity contribution >= 4 is 17.3 Å². The van der Waals surface area contributed by atoms with E-state index in [0.717, 1.165) is 30.2 Å². The van der Waals surface area contributed by atoms with E-state index in [1.54, 1.807) is 6.20 Å². The van der Waals surface area contributed by atoms with Crippen LogP contribution in [0, 0.1) is 5.92 Å². The molecule has 2 N–H and O–H groups in total. The summed E-state index contributed by atoms with van der Waals surface area (Å²) in [6, 6.07) is 18.5. The molecule has 5 nitrogen and oxygen atoms in total. The highest BCUT2D eigenvalue weighted by Crippen LogP contribution is 2.23. The molecule has 1 amide bonds. The third-order valence-corrected chi connectivity index (χ3v) is 5.16. The number of aryl methyl sites for hydroxylation is 1. The molecular weight excluding hydrogens is 336 g/mol. The second-order valence-corrected chi connectivity index (χ2v) is 7.07. The van der Waals surface area contributed by atoms with Crippen molar-refractivity contribution in [1.82, 2.24) is 9.55 Å². The van der Waals surface area contributed by atoms with Gasteiger partial charge in [0.05, 0.1) is 0 Å².